The molecule has 118 valence electrons. The van der Waals surface area contributed by atoms with Gasteiger partial charge < -0.3 is 9.84 Å². The van der Waals surface area contributed by atoms with Gasteiger partial charge in [-0.1, -0.05) is 35.5 Å². The van der Waals surface area contributed by atoms with Crippen molar-refractivity contribution >= 4 is 0 Å². The lowest BCUT2D eigenvalue weighted by molar-refractivity contribution is 0.391. The molecule has 23 heavy (non-hydrogen) atoms. The predicted octanol–water partition coefficient (Wildman–Crippen LogP) is 4.20. The molecule has 0 radical (unpaired) electrons. The Morgan fingerprint density at radius 3 is 2.48 bits per heavy atom. The standard InChI is InChI=1S/C19H21N3O/c1-13(21-12-19-14(2)22-23-15(19)3)16-6-8-17(9-7-16)18-5-4-10-20-11-18/h4-11,13,21H,12H2,1-3H3/t13-/m0/s1. The van der Waals surface area contributed by atoms with Crippen molar-refractivity contribution in [1.82, 2.24) is 15.5 Å². The van der Waals surface area contributed by atoms with Crippen LogP contribution in [0.3, 0.4) is 0 Å². The van der Waals surface area contributed by atoms with Gasteiger partial charge in [0.15, 0.2) is 0 Å². The molecule has 3 aromatic rings. The quantitative estimate of drug-likeness (QED) is 0.767. The Balaban J connectivity index is 1.67. The second-order valence-electron chi connectivity index (χ2n) is 5.77. The number of benzene rings is 1. The highest BCUT2D eigenvalue weighted by Crippen LogP contribution is 2.22. The normalized spacial score (nSPS) is 12.3. The van der Waals surface area contributed by atoms with Crippen LogP contribution in [-0.4, -0.2) is 10.1 Å². The van der Waals surface area contributed by atoms with E-state index in [2.05, 4.69) is 52.7 Å². The smallest absolute Gasteiger partial charge is 0.138 e. The summed E-state index contributed by atoms with van der Waals surface area (Å²) in [4.78, 5) is 4.17. The number of aryl methyl sites for hydroxylation is 2. The van der Waals surface area contributed by atoms with Crippen LogP contribution in [0.25, 0.3) is 11.1 Å². The first-order chi connectivity index (χ1) is 11.1. The summed E-state index contributed by atoms with van der Waals surface area (Å²) in [6.07, 6.45) is 3.67. The van der Waals surface area contributed by atoms with E-state index in [-0.39, 0.29) is 6.04 Å². The summed E-state index contributed by atoms with van der Waals surface area (Å²) in [6.45, 7) is 6.84. The summed E-state index contributed by atoms with van der Waals surface area (Å²) < 4.78 is 5.20. The van der Waals surface area contributed by atoms with E-state index in [4.69, 9.17) is 4.52 Å². The van der Waals surface area contributed by atoms with Crippen molar-refractivity contribution in [3.63, 3.8) is 0 Å². The zero-order valence-corrected chi connectivity index (χ0v) is 13.7. The Morgan fingerprint density at radius 2 is 1.87 bits per heavy atom. The van der Waals surface area contributed by atoms with E-state index >= 15 is 0 Å². The number of hydrogen-bond acceptors (Lipinski definition) is 4. The predicted molar refractivity (Wildman–Crippen MR) is 90.9 cm³/mol. The highest BCUT2D eigenvalue weighted by Gasteiger charge is 2.11. The molecule has 1 N–H and O–H groups in total. The van der Waals surface area contributed by atoms with Crippen LogP contribution in [0.15, 0.2) is 53.3 Å². The number of nitrogens with zero attached hydrogens (tertiary/aromatic N) is 2. The maximum absolute atomic E-state index is 5.20. The summed E-state index contributed by atoms with van der Waals surface area (Å²) in [5.74, 6) is 0.883. The second-order valence-corrected chi connectivity index (χ2v) is 5.77. The summed E-state index contributed by atoms with van der Waals surface area (Å²) in [7, 11) is 0. The molecule has 1 atom stereocenters. The lowest BCUT2D eigenvalue weighted by Gasteiger charge is -2.14. The van der Waals surface area contributed by atoms with Gasteiger partial charge in [-0.3, -0.25) is 4.98 Å². The third kappa shape index (κ3) is 3.48. The fourth-order valence-electron chi connectivity index (χ4n) is 2.63. The van der Waals surface area contributed by atoms with Gasteiger partial charge >= 0.3 is 0 Å². The maximum Gasteiger partial charge on any atom is 0.138 e. The van der Waals surface area contributed by atoms with Gasteiger partial charge in [-0.25, -0.2) is 0 Å². The van der Waals surface area contributed by atoms with E-state index < -0.39 is 0 Å². The van der Waals surface area contributed by atoms with Crippen LogP contribution >= 0.6 is 0 Å². The van der Waals surface area contributed by atoms with Crippen molar-refractivity contribution in [1.29, 1.82) is 0 Å². The van der Waals surface area contributed by atoms with Gasteiger partial charge in [0.25, 0.3) is 0 Å². The first-order valence-electron chi connectivity index (χ1n) is 7.80. The Hall–Kier alpha value is -2.46. The Morgan fingerprint density at radius 1 is 1.09 bits per heavy atom. The Labute approximate surface area is 136 Å². The molecular formula is C19H21N3O. The highest BCUT2D eigenvalue weighted by atomic mass is 16.5. The first-order valence-corrected chi connectivity index (χ1v) is 7.80. The Kier molecular flexibility index (Phi) is 4.53. The topological polar surface area (TPSA) is 51.0 Å². The van der Waals surface area contributed by atoms with Gasteiger partial charge in [-0.05, 0) is 43.5 Å². The SMILES string of the molecule is Cc1noc(C)c1CN[C@@H](C)c1ccc(-c2cccnc2)cc1. The number of pyridine rings is 1. The van der Waals surface area contributed by atoms with Gasteiger partial charge in [0.1, 0.15) is 5.76 Å². The molecule has 0 unspecified atom stereocenters. The van der Waals surface area contributed by atoms with Crippen LogP contribution in [0.4, 0.5) is 0 Å². The molecule has 1 aromatic carbocycles. The fourth-order valence-corrected chi connectivity index (χ4v) is 2.63. The van der Waals surface area contributed by atoms with Gasteiger partial charge in [-0.2, -0.15) is 0 Å². The Bertz CT molecular complexity index is 744. The van der Waals surface area contributed by atoms with Gasteiger partial charge in [-0.15, -0.1) is 0 Å². The molecule has 0 amide bonds. The molecule has 0 aliphatic rings. The van der Waals surface area contributed by atoms with Gasteiger partial charge in [0.2, 0.25) is 0 Å². The van der Waals surface area contributed by atoms with Crippen molar-refractivity contribution in [3.05, 3.63) is 71.4 Å². The van der Waals surface area contributed by atoms with E-state index in [1.54, 1.807) is 6.20 Å². The molecule has 0 aliphatic heterocycles. The molecule has 4 heteroatoms. The molecule has 2 heterocycles. The van der Waals surface area contributed by atoms with Crippen LogP contribution in [-0.2, 0) is 6.54 Å². The summed E-state index contributed by atoms with van der Waals surface area (Å²) in [5.41, 5.74) is 5.66. The molecule has 0 spiro atoms. The summed E-state index contributed by atoms with van der Waals surface area (Å²) in [6, 6.07) is 12.9. The zero-order chi connectivity index (χ0) is 16.2. The number of aromatic nitrogens is 2. The summed E-state index contributed by atoms with van der Waals surface area (Å²) in [5, 5.41) is 7.52. The minimum atomic E-state index is 0.256. The van der Waals surface area contributed by atoms with Crippen molar-refractivity contribution in [2.45, 2.75) is 33.4 Å². The first kappa shape index (κ1) is 15.4. The molecule has 4 nitrogen and oxygen atoms in total. The lowest BCUT2D eigenvalue weighted by Crippen LogP contribution is -2.18. The average molecular weight is 307 g/mol. The molecule has 0 fully saturated rings. The van der Waals surface area contributed by atoms with E-state index in [0.717, 1.165) is 29.1 Å². The van der Waals surface area contributed by atoms with Gasteiger partial charge in [0.05, 0.1) is 5.69 Å². The third-order valence-corrected chi connectivity index (χ3v) is 4.17. The molecule has 0 aliphatic carbocycles. The number of hydrogen-bond donors (Lipinski definition) is 1. The van der Waals surface area contributed by atoms with E-state index in [1.165, 1.54) is 11.1 Å². The van der Waals surface area contributed by atoms with E-state index in [9.17, 15) is 0 Å². The molecule has 2 aromatic heterocycles. The number of nitrogens with one attached hydrogen (secondary N) is 1. The minimum Gasteiger partial charge on any atom is -0.361 e. The maximum atomic E-state index is 5.20. The summed E-state index contributed by atoms with van der Waals surface area (Å²) >= 11 is 0. The van der Waals surface area contributed by atoms with Crippen molar-refractivity contribution in [2.75, 3.05) is 0 Å². The van der Waals surface area contributed by atoms with Crippen molar-refractivity contribution < 1.29 is 4.52 Å². The van der Waals surface area contributed by atoms with E-state index in [0.29, 0.717) is 0 Å². The lowest BCUT2D eigenvalue weighted by atomic mass is 10.0. The molecule has 0 bridgehead atoms. The monoisotopic (exact) mass is 307 g/mol. The molecule has 0 saturated carbocycles. The van der Waals surface area contributed by atoms with Crippen LogP contribution in [0.1, 0.15) is 35.5 Å². The average Bonchev–Trinajstić information content (AvgIpc) is 2.92. The van der Waals surface area contributed by atoms with Crippen LogP contribution in [0.5, 0.6) is 0 Å². The second kappa shape index (κ2) is 6.75. The van der Waals surface area contributed by atoms with E-state index in [1.807, 2.05) is 26.1 Å². The molecule has 3 rings (SSSR count). The van der Waals surface area contributed by atoms with Crippen molar-refractivity contribution in [3.8, 4) is 11.1 Å². The molecular weight excluding hydrogens is 286 g/mol. The van der Waals surface area contributed by atoms with Crippen LogP contribution < -0.4 is 5.32 Å². The third-order valence-electron chi connectivity index (χ3n) is 4.17. The van der Waals surface area contributed by atoms with Crippen LogP contribution in [0, 0.1) is 13.8 Å². The van der Waals surface area contributed by atoms with Gasteiger partial charge in [0, 0.05) is 30.5 Å². The van der Waals surface area contributed by atoms with Crippen molar-refractivity contribution in [2.24, 2.45) is 0 Å². The minimum absolute atomic E-state index is 0.256. The number of rotatable bonds is 5. The van der Waals surface area contributed by atoms with Crippen LogP contribution in [0.2, 0.25) is 0 Å². The fraction of sp³-hybridized carbons (Fsp3) is 0.263. The largest absolute Gasteiger partial charge is 0.361 e. The molecule has 0 saturated heterocycles. The highest BCUT2D eigenvalue weighted by molar-refractivity contribution is 5.62. The zero-order valence-electron chi connectivity index (χ0n) is 13.7.